The molecule has 0 atom stereocenters. The lowest BCUT2D eigenvalue weighted by molar-refractivity contribution is 0.398. The maximum atomic E-state index is 5.63. The van der Waals surface area contributed by atoms with Gasteiger partial charge in [0.2, 0.25) is 5.88 Å². The highest BCUT2D eigenvalue weighted by Crippen LogP contribution is 2.22. The Morgan fingerprint density at radius 2 is 1.64 bits per heavy atom. The molecular formula is C17H15N3O2. The number of pyridine rings is 1. The molecule has 22 heavy (non-hydrogen) atoms. The van der Waals surface area contributed by atoms with Crippen LogP contribution in [-0.4, -0.2) is 22.1 Å². The van der Waals surface area contributed by atoms with E-state index in [2.05, 4.69) is 15.0 Å². The molecule has 5 nitrogen and oxygen atoms in total. The number of nitrogens with zero attached hydrogens (tertiary/aromatic N) is 3. The van der Waals surface area contributed by atoms with Crippen molar-refractivity contribution in [3.63, 3.8) is 0 Å². The van der Waals surface area contributed by atoms with Crippen LogP contribution in [0.1, 0.15) is 5.56 Å². The predicted octanol–water partition coefficient (Wildman–Crippen LogP) is 3.65. The number of benzene rings is 1. The van der Waals surface area contributed by atoms with Gasteiger partial charge in [-0.3, -0.25) is 0 Å². The molecule has 3 aromatic rings. The van der Waals surface area contributed by atoms with Crippen LogP contribution < -0.4 is 9.47 Å². The van der Waals surface area contributed by atoms with Crippen LogP contribution in [0.2, 0.25) is 0 Å². The first-order valence-electron chi connectivity index (χ1n) is 6.81. The van der Waals surface area contributed by atoms with E-state index in [0.717, 1.165) is 22.4 Å². The standard InChI is InChI=1S/C17H15N3O2/c1-12-4-3-5-15(8-12)22-17-19-10-14(11-20-17)13-6-7-16(21-2)18-9-13/h3-11H,1-2H3. The SMILES string of the molecule is COc1ccc(-c2cnc(Oc3cccc(C)c3)nc2)cn1. The Balaban J connectivity index is 1.77. The number of methoxy groups -OCH3 is 1. The van der Waals surface area contributed by atoms with E-state index in [1.54, 1.807) is 31.8 Å². The second kappa shape index (κ2) is 6.22. The van der Waals surface area contributed by atoms with E-state index in [9.17, 15) is 0 Å². The molecule has 2 heterocycles. The molecule has 0 unspecified atom stereocenters. The summed E-state index contributed by atoms with van der Waals surface area (Å²) in [5.41, 5.74) is 2.91. The van der Waals surface area contributed by atoms with E-state index in [-0.39, 0.29) is 0 Å². The Bertz CT molecular complexity index is 756. The molecule has 0 radical (unpaired) electrons. The molecule has 1 aromatic carbocycles. The first-order chi connectivity index (χ1) is 10.7. The largest absolute Gasteiger partial charge is 0.481 e. The van der Waals surface area contributed by atoms with Crippen molar-refractivity contribution in [2.45, 2.75) is 6.92 Å². The van der Waals surface area contributed by atoms with Crippen molar-refractivity contribution in [2.75, 3.05) is 7.11 Å². The van der Waals surface area contributed by atoms with Gasteiger partial charge in [0.25, 0.3) is 0 Å². The average molecular weight is 293 g/mol. The highest BCUT2D eigenvalue weighted by molar-refractivity contribution is 5.60. The minimum absolute atomic E-state index is 0.316. The molecule has 110 valence electrons. The van der Waals surface area contributed by atoms with Gasteiger partial charge in [0, 0.05) is 35.8 Å². The van der Waals surface area contributed by atoms with Crippen molar-refractivity contribution >= 4 is 0 Å². The summed E-state index contributed by atoms with van der Waals surface area (Å²) < 4.78 is 10.7. The number of hydrogen-bond acceptors (Lipinski definition) is 5. The molecule has 0 fully saturated rings. The number of rotatable bonds is 4. The van der Waals surface area contributed by atoms with Gasteiger partial charge in [-0.2, -0.15) is 0 Å². The summed E-state index contributed by atoms with van der Waals surface area (Å²) in [6, 6.07) is 11.8. The molecule has 0 aliphatic rings. The maximum absolute atomic E-state index is 5.63. The average Bonchev–Trinajstić information content (AvgIpc) is 2.56. The Morgan fingerprint density at radius 3 is 2.27 bits per heavy atom. The molecule has 0 saturated carbocycles. The third-order valence-electron chi connectivity index (χ3n) is 3.11. The molecule has 0 aliphatic heterocycles. The van der Waals surface area contributed by atoms with Gasteiger partial charge in [0.15, 0.2) is 0 Å². The van der Waals surface area contributed by atoms with E-state index >= 15 is 0 Å². The number of ether oxygens (including phenoxy) is 2. The molecule has 0 spiro atoms. The van der Waals surface area contributed by atoms with Crippen molar-refractivity contribution in [2.24, 2.45) is 0 Å². The van der Waals surface area contributed by atoms with E-state index < -0.39 is 0 Å². The van der Waals surface area contributed by atoms with Gasteiger partial charge in [-0.1, -0.05) is 12.1 Å². The van der Waals surface area contributed by atoms with Crippen LogP contribution in [0.25, 0.3) is 11.1 Å². The fourth-order valence-corrected chi connectivity index (χ4v) is 1.97. The molecule has 0 amide bonds. The number of aromatic nitrogens is 3. The Hall–Kier alpha value is -2.95. The fraction of sp³-hybridized carbons (Fsp3) is 0.118. The second-order valence-electron chi connectivity index (χ2n) is 4.76. The fourth-order valence-electron chi connectivity index (χ4n) is 1.97. The van der Waals surface area contributed by atoms with Crippen molar-refractivity contribution in [1.29, 1.82) is 0 Å². The molecule has 0 N–H and O–H groups in total. The van der Waals surface area contributed by atoms with Crippen molar-refractivity contribution < 1.29 is 9.47 Å². The van der Waals surface area contributed by atoms with Crippen molar-refractivity contribution in [3.05, 3.63) is 60.6 Å². The Morgan fingerprint density at radius 1 is 0.864 bits per heavy atom. The Kier molecular flexibility index (Phi) is 3.96. The minimum Gasteiger partial charge on any atom is -0.481 e. The first-order valence-corrected chi connectivity index (χ1v) is 6.81. The smallest absolute Gasteiger partial charge is 0.321 e. The Labute approximate surface area is 128 Å². The zero-order chi connectivity index (χ0) is 15.4. The third kappa shape index (κ3) is 3.20. The summed E-state index contributed by atoms with van der Waals surface area (Å²) >= 11 is 0. The van der Waals surface area contributed by atoms with Gasteiger partial charge >= 0.3 is 6.01 Å². The van der Waals surface area contributed by atoms with Crippen LogP contribution in [0, 0.1) is 6.92 Å². The molecular weight excluding hydrogens is 278 g/mol. The summed E-state index contributed by atoms with van der Waals surface area (Å²) in [5.74, 6) is 1.29. The quantitative estimate of drug-likeness (QED) is 0.735. The van der Waals surface area contributed by atoms with E-state index in [1.807, 2.05) is 37.3 Å². The lowest BCUT2D eigenvalue weighted by Gasteiger charge is -2.06. The van der Waals surface area contributed by atoms with E-state index in [1.165, 1.54) is 0 Å². The molecule has 0 saturated heterocycles. The van der Waals surface area contributed by atoms with Gasteiger partial charge in [-0.15, -0.1) is 0 Å². The second-order valence-corrected chi connectivity index (χ2v) is 4.76. The maximum Gasteiger partial charge on any atom is 0.321 e. The predicted molar refractivity (Wildman–Crippen MR) is 83.1 cm³/mol. The number of hydrogen-bond donors (Lipinski definition) is 0. The minimum atomic E-state index is 0.316. The summed E-state index contributed by atoms with van der Waals surface area (Å²) in [7, 11) is 1.59. The molecule has 2 aromatic heterocycles. The van der Waals surface area contributed by atoms with Crippen LogP contribution in [0.15, 0.2) is 55.0 Å². The van der Waals surface area contributed by atoms with Crippen LogP contribution in [0.5, 0.6) is 17.6 Å². The molecule has 0 aliphatic carbocycles. The van der Waals surface area contributed by atoms with Gasteiger partial charge in [0.1, 0.15) is 5.75 Å². The van der Waals surface area contributed by atoms with Crippen LogP contribution in [-0.2, 0) is 0 Å². The molecule has 3 rings (SSSR count). The summed E-state index contributed by atoms with van der Waals surface area (Å²) in [6.45, 7) is 2.01. The normalized spacial score (nSPS) is 10.3. The van der Waals surface area contributed by atoms with Crippen LogP contribution in [0.3, 0.4) is 0 Å². The van der Waals surface area contributed by atoms with Crippen molar-refractivity contribution in [3.8, 4) is 28.8 Å². The summed E-state index contributed by atoms with van der Waals surface area (Å²) in [6.07, 6.45) is 5.14. The molecule has 0 bridgehead atoms. The monoisotopic (exact) mass is 293 g/mol. The number of aryl methyl sites for hydroxylation is 1. The first kappa shape index (κ1) is 14.0. The summed E-state index contributed by atoms with van der Waals surface area (Å²) in [4.78, 5) is 12.6. The van der Waals surface area contributed by atoms with E-state index in [0.29, 0.717) is 11.9 Å². The topological polar surface area (TPSA) is 57.1 Å². The van der Waals surface area contributed by atoms with Gasteiger partial charge in [0.05, 0.1) is 7.11 Å². The zero-order valence-electron chi connectivity index (χ0n) is 12.4. The highest BCUT2D eigenvalue weighted by Gasteiger charge is 2.04. The van der Waals surface area contributed by atoms with Crippen molar-refractivity contribution in [1.82, 2.24) is 15.0 Å². The third-order valence-corrected chi connectivity index (χ3v) is 3.11. The molecule has 5 heteroatoms. The zero-order valence-corrected chi connectivity index (χ0v) is 12.4. The van der Waals surface area contributed by atoms with Gasteiger partial charge < -0.3 is 9.47 Å². The van der Waals surface area contributed by atoms with Gasteiger partial charge in [-0.25, -0.2) is 15.0 Å². The lowest BCUT2D eigenvalue weighted by atomic mass is 10.1. The van der Waals surface area contributed by atoms with E-state index in [4.69, 9.17) is 9.47 Å². The van der Waals surface area contributed by atoms with Gasteiger partial charge in [-0.05, 0) is 30.7 Å². The lowest BCUT2D eigenvalue weighted by Crippen LogP contribution is -1.93. The summed E-state index contributed by atoms with van der Waals surface area (Å²) in [5, 5.41) is 0. The van der Waals surface area contributed by atoms with Crippen LogP contribution >= 0.6 is 0 Å². The van der Waals surface area contributed by atoms with Crippen LogP contribution in [0.4, 0.5) is 0 Å². The highest BCUT2D eigenvalue weighted by atomic mass is 16.5.